The van der Waals surface area contributed by atoms with Crippen molar-refractivity contribution in [1.29, 1.82) is 0 Å². The quantitative estimate of drug-likeness (QED) is 0.812. The van der Waals surface area contributed by atoms with Crippen molar-refractivity contribution < 1.29 is 9.21 Å². The molecule has 0 atom stereocenters. The zero-order valence-corrected chi connectivity index (χ0v) is 15.0. The number of carbonyl (C=O) groups is 1. The maximum absolute atomic E-state index is 12.3. The van der Waals surface area contributed by atoms with Gasteiger partial charge in [0.25, 0.3) is 5.22 Å². The van der Waals surface area contributed by atoms with Gasteiger partial charge in [0.15, 0.2) is 0 Å². The fraction of sp³-hybridized carbons (Fsp3) is 0.438. The van der Waals surface area contributed by atoms with Gasteiger partial charge in [-0.2, -0.15) is 0 Å². The molecule has 1 N–H and O–H groups in total. The van der Waals surface area contributed by atoms with Crippen LogP contribution in [0.15, 0.2) is 27.8 Å². The Morgan fingerprint density at radius 1 is 1.33 bits per heavy atom. The number of benzene rings is 1. The third-order valence-corrected chi connectivity index (χ3v) is 4.82. The Labute approximate surface area is 150 Å². The van der Waals surface area contributed by atoms with Gasteiger partial charge in [-0.15, -0.1) is 10.2 Å². The Hall–Kier alpha value is -1.73. The van der Waals surface area contributed by atoms with E-state index in [2.05, 4.69) is 20.4 Å². The van der Waals surface area contributed by atoms with E-state index < -0.39 is 0 Å². The lowest BCUT2D eigenvalue weighted by Gasteiger charge is -2.30. The lowest BCUT2D eigenvalue weighted by atomic mass is 10.1. The van der Waals surface area contributed by atoms with Crippen molar-refractivity contribution in [2.45, 2.75) is 31.4 Å². The SMILES string of the molecule is Cc1nnc(SCC(=O)Nc2cc(Cl)ccc2N2CCCCC2)o1. The van der Waals surface area contributed by atoms with Gasteiger partial charge in [-0.1, -0.05) is 23.4 Å². The number of hydrogen-bond acceptors (Lipinski definition) is 6. The summed E-state index contributed by atoms with van der Waals surface area (Å²) in [6.45, 7) is 3.72. The molecular formula is C16H19ClN4O2S. The number of aromatic nitrogens is 2. The maximum atomic E-state index is 12.3. The summed E-state index contributed by atoms with van der Waals surface area (Å²) in [4.78, 5) is 14.6. The second-order valence-electron chi connectivity index (χ2n) is 5.63. The molecule has 3 rings (SSSR count). The van der Waals surface area contributed by atoms with Crippen LogP contribution in [0.1, 0.15) is 25.2 Å². The number of nitrogens with zero attached hydrogens (tertiary/aromatic N) is 3. The summed E-state index contributed by atoms with van der Waals surface area (Å²) in [7, 11) is 0. The molecule has 2 heterocycles. The molecule has 1 aliphatic rings. The molecule has 1 fully saturated rings. The molecule has 8 heteroatoms. The van der Waals surface area contributed by atoms with E-state index >= 15 is 0 Å². The summed E-state index contributed by atoms with van der Waals surface area (Å²) in [5, 5.41) is 11.6. The van der Waals surface area contributed by atoms with Crippen LogP contribution in [0.5, 0.6) is 0 Å². The van der Waals surface area contributed by atoms with Crippen molar-refractivity contribution in [3.05, 3.63) is 29.1 Å². The van der Waals surface area contributed by atoms with Gasteiger partial charge < -0.3 is 14.6 Å². The van der Waals surface area contributed by atoms with Crippen molar-refractivity contribution >= 4 is 40.6 Å². The van der Waals surface area contributed by atoms with E-state index in [1.165, 1.54) is 31.0 Å². The average Bonchev–Trinajstić information content (AvgIpc) is 2.99. The fourth-order valence-electron chi connectivity index (χ4n) is 2.67. The Morgan fingerprint density at radius 3 is 2.83 bits per heavy atom. The van der Waals surface area contributed by atoms with Gasteiger partial charge in [-0.3, -0.25) is 4.79 Å². The molecule has 6 nitrogen and oxygen atoms in total. The smallest absolute Gasteiger partial charge is 0.277 e. The van der Waals surface area contributed by atoms with Crippen molar-refractivity contribution in [1.82, 2.24) is 10.2 Å². The number of aryl methyl sites for hydroxylation is 1. The van der Waals surface area contributed by atoms with Crippen LogP contribution in [-0.4, -0.2) is 34.9 Å². The molecule has 0 spiro atoms. The van der Waals surface area contributed by atoms with Gasteiger partial charge in [-0.25, -0.2) is 0 Å². The first-order chi connectivity index (χ1) is 11.6. The average molecular weight is 367 g/mol. The molecule has 24 heavy (non-hydrogen) atoms. The number of halogens is 1. The van der Waals surface area contributed by atoms with Crippen LogP contribution in [0.4, 0.5) is 11.4 Å². The zero-order valence-electron chi connectivity index (χ0n) is 13.4. The highest BCUT2D eigenvalue weighted by Crippen LogP contribution is 2.31. The molecule has 0 radical (unpaired) electrons. The summed E-state index contributed by atoms with van der Waals surface area (Å²) >= 11 is 7.32. The van der Waals surface area contributed by atoms with Gasteiger partial charge in [0.1, 0.15) is 0 Å². The molecule has 0 bridgehead atoms. The number of thioether (sulfide) groups is 1. The number of amides is 1. The molecule has 0 unspecified atom stereocenters. The molecule has 2 aromatic rings. The highest BCUT2D eigenvalue weighted by atomic mass is 35.5. The van der Waals surface area contributed by atoms with Gasteiger partial charge in [0.2, 0.25) is 11.8 Å². The molecule has 0 aliphatic carbocycles. The van der Waals surface area contributed by atoms with Gasteiger partial charge >= 0.3 is 0 Å². The van der Waals surface area contributed by atoms with E-state index in [4.69, 9.17) is 16.0 Å². The maximum Gasteiger partial charge on any atom is 0.277 e. The fourth-order valence-corrected chi connectivity index (χ4v) is 3.45. The van der Waals surface area contributed by atoms with E-state index in [-0.39, 0.29) is 11.7 Å². The number of nitrogens with one attached hydrogen (secondary N) is 1. The third-order valence-electron chi connectivity index (χ3n) is 3.76. The second kappa shape index (κ2) is 7.90. The summed E-state index contributed by atoms with van der Waals surface area (Å²) < 4.78 is 5.25. The monoisotopic (exact) mass is 366 g/mol. The first-order valence-electron chi connectivity index (χ1n) is 7.89. The van der Waals surface area contributed by atoms with Crippen molar-refractivity contribution in [2.24, 2.45) is 0 Å². The second-order valence-corrected chi connectivity index (χ2v) is 7.00. The number of rotatable bonds is 5. The number of piperidine rings is 1. The van der Waals surface area contributed by atoms with E-state index in [0.717, 1.165) is 24.5 Å². The van der Waals surface area contributed by atoms with Gasteiger partial charge in [-0.05, 0) is 37.5 Å². The molecule has 1 amide bonds. The Bertz CT molecular complexity index is 716. The van der Waals surface area contributed by atoms with Crippen molar-refractivity contribution in [3.63, 3.8) is 0 Å². The minimum Gasteiger partial charge on any atom is -0.416 e. The minimum absolute atomic E-state index is 0.128. The minimum atomic E-state index is -0.128. The summed E-state index contributed by atoms with van der Waals surface area (Å²) in [6, 6.07) is 5.62. The zero-order chi connectivity index (χ0) is 16.9. The predicted octanol–water partition coefficient (Wildman–Crippen LogP) is 3.75. The largest absolute Gasteiger partial charge is 0.416 e. The molecule has 1 aromatic carbocycles. The molecule has 1 aromatic heterocycles. The topological polar surface area (TPSA) is 71.3 Å². The summed E-state index contributed by atoms with van der Waals surface area (Å²) in [5.41, 5.74) is 1.77. The molecular weight excluding hydrogens is 348 g/mol. The highest BCUT2D eigenvalue weighted by molar-refractivity contribution is 7.99. The van der Waals surface area contributed by atoms with Crippen LogP contribution in [0, 0.1) is 6.92 Å². The van der Waals surface area contributed by atoms with E-state index in [0.29, 0.717) is 16.1 Å². The van der Waals surface area contributed by atoms with Crippen LogP contribution in [0.2, 0.25) is 5.02 Å². The number of carbonyl (C=O) groups excluding carboxylic acids is 1. The molecule has 0 saturated carbocycles. The van der Waals surface area contributed by atoms with E-state index in [9.17, 15) is 4.79 Å². The Kier molecular flexibility index (Phi) is 5.63. The number of anilines is 2. The standard InChI is InChI=1S/C16H19ClN4O2S/c1-11-19-20-16(23-11)24-10-15(22)18-13-9-12(17)5-6-14(13)21-7-3-2-4-8-21/h5-6,9H,2-4,7-8,10H2,1H3,(H,18,22). The first-order valence-corrected chi connectivity index (χ1v) is 9.25. The summed E-state index contributed by atoms with van der Waals surface area (Å²) in [5.74, 6) is 0.560. The lowest BCUT2D eigenvalue weighted by molar-refractivity contribution is -0.113. The first kappa shape index (κ1) is 17.1. The molecule has 128 valence electrons. The van der Waals surface area contributed by atoms with E-state index in [1.54, 1.807) is 13.0 Å². The van der Waals surface area contributed by atoms with Crippen LogP contribution in [0.3, 0.4) is 0 Å². The predicted molar refractivity (Wildman–Crippen MR) is 95.9 cm³/mol. The lowest BCUT2D eigenvalue weighted by Crippen LogP contribution is -2.30. The number of hydrogen-bond donors (Lipinski definition) is 1. The summed E-state index contributed by atoms with van der Waals surface area (Å²) in [6.07, 6.45) is 3.59. The van der Waals surface area contributed by atoms with Crippen molar-refractivity contribution in [2.75, 3.05) is 29.1 Å². The normalized spacial score (nSPS) is 14.7. The Morgan fingerprint density at radius 2 is 2.12 bits per heavy atom. The van der Waals surface area contributed by atoms with Crippen LogP contribution < -0.4 is 10.2 Å². The third kappa shape index (κ3) is 4.42. The van der Waals surface area contributed by atoms with Crippen molar-refractivity contribution in [3.8, 4) is 0 Å². The van der Waals surface area contributed by atoms with Gasteiger partial charge in [0, 0.05) is 25.0 Å². The van der Waals surface area contributed by atoms with Crippen LogP contribution in [-0.2, 0) is 4.79 Å². The van der Waals surface area contributed by atoms with Gasteiger partial charge in [0.05, 0.1) is 17.1 Å². The Balaban J connectivity index is 1.66. The van der Waals surface area contributed by atoms with Crippen LogP contribution in [0.25, 0.3) is 0 Å². The molecule has 1 aliphatic heterocycles. The highest BCUT2D eigenvalue weighted by Gasteiger charge is 2.17. The van der Waals surface area contributed by atoms with Crippen LogP contribution >= 0.6 is 23.4 Å². The van der Waals surface area contributed by atoms with E-state index in [1.807, 2.05) is 12.1 Å². The molecule has 1 saturated heterocycles.